The van der Waals surface area contributed by atoms with Crippen molar-refractivity contribution in [1.29, 1.82) is 0 Å². The van der Waals surface area contributed by atoms with Crippen molar-refractivity contribution in [1.82, 2.24) is 0 Å². The van der Waals surface area contributed by atoms with Gasteiger partial charge in [0.15, 0.2) is 0 Å². The largest absolute Gasteiger partial charge is 0.399 e. The van der Waals surface area contributed by atoms with Gasteiger partial charge in [0.1, 0.15) is 11.6 Å². The van der Waals surface area contributed by atoms with Gasteiger partial charge in [0.2, 0.25) is 0 Å². The number of nitrogen functional groups attached to an aromatic ring is 1. The van der Waals surface area contributed by atoms with Gasteiger partial charge in [0.05, 0.1) is 5.69 Å². The molecule has 0 amide bonds. The number of hydrogen-bond acceptors (Lipinski definition) is 2. The van der Waals surface area contributed by atoms with Crippen LogP contribution in [0.5, 0.6) is 0 Å². The standard InChI is InChI=1S/C13H12F2N2/c1-17(11-4-2-3-10(16)8-11)13-7-9(14)5-6-12(13)15/h2-8H,16H2,1H3. The molecule has 4 heteroatoms. The van der Waals surface area contributed by atoms with Crippen molar-refractivity contribution in [3.05, 3.63) is 54.1 Å². The first-order valence-corrected chi connectivity index (χ1v) is 5.12. The van der Waals surface area contributed by atoms with Crippen molar-refractivity contribution in [3.63, 3.8) is 0 Å². The third-order valence-electron chi connectivity index (χ3n) is 2.53. The highest BCUT2D eigenvalue weighted by atomic mass is 19.1. The van der Waals surface area contributed by atoms with Crippen LogP contribution in [0.1, 0.15) is 0 Å². The lowest BCUT2D eigenvalue weighted by Gasteiger charge is -2.20. The molecule has 2 N–H and O–H groups in total. The van der Waals surface area contributed by atoms with Gasteiger partial charge in [-0.15, -0.1) is 0 Å². The average Bonchev–Trinajstić information content (AvgIpc) is 2.31. The first kappa shape index (κ1) is 11.4. The lowest BCUT2D eigenvalue weighted by molar-refractivity contribution is 0.600. The Hall–Kier alpha value is -2.10. The molecule has 2 aromatic rings. The van der Waals surface area contributed by atoms with Gasteiger partial charge in [-0.25, -0.2) is 8.78 Å². The summed E-state index contributed by atoms with van der Waals surface area (Å²) in [5.41, 5.74) is 7.10. The Labute approximate surface area is 98.3 Å². The van der Waals surface area contributed by atoms with E-state index in [1.165, 1.54) is 0 Å². The molecule has 0 heterocycles. The van der Waals surface area contributed by atoms with Gasteiger partial charge in [-0.1, -0.05) is 6.07 Å². The molecule has 2 aromatic carbocycles. The highest BCUT2D eigenvalue weighted by Crippen LogP contribution is 2.27. The Kier molecular flexibility index (Phi) is 2.95. The summed E-state index contributed by atoms with van der Waals surface area (Å²) < 4.78 is 26.7. The molecule has 0 radical (unpaired) electrons. The van der Waals surface area contributed by atoms with Crippen LogP contribution >= 0.6 is 0 Å². The number of nitrogens with two attached hydrogens (primary N) is 1. The molecule has 17 heavy (non-hydrogen) atoms. The normalized spacial score (nSPS) is 10.3. The predicted octanol–water partition coefficient (Wildman–Crippen LogP) is 3.31. The van der Waals surface area contributed by atoms with Crippen LogP contribution in [0.4, 0.5) is 25.8 Å². The SMILES string of the molecule is CN(c1cccc(N)c1)c1cc(F)ccc1F. The summed E-state index contributed by atoms with van der Waals surface area (Å²) in [5, 5.41) is 0. The average molecular weight is 234 g/mol. The van der Waals surface area contributed by atoms with Crippen molar-refractivity contribution in [2.24, 2.45) is 0 Å². The summed E-state index contributed by atoms with van der Waals surface area (Å²) in [6.45, 7) is 0. The molecule has 0 saturated heterocycles. The van der Waals surface area contributed by atoms with Crippen molar-refractivity contribution in [3.8, 4) is 0 Å². The molecule has 0 fully saturated rings. The van der Waals surface area contributed by atoms with Gasteiger partial charge < -0.3 is 10.6 Å². The van der Waals surface area contributed by atoms with Crippen molar-refractivity contribution >= 4 is 17.1 Å². The Bertz CT molecular complexity index is 541. The fourth-order valence-electron chi connectivity index (χ4n) is 1.62. The summed E-state index contributed by atoms with van der Waals surface area (Å²) in [4.78, 5) is 1.55. The Morgan fingerprint density at radius 1 is 1.06 bits per heavy atom. The molecular weight excluding hydrogens is 222 g/mol. The second-order valence-corrected chi connectivity index (χ2v) is 3.75. The van der Waals surface area contributed by atoms with Crippen molar-refractivity contribution in [2.75, 3.05) is 17.7 Å². The molecule has 0 aliphatic heterocycles. The van der Waals surface area contributed by atoms with Gasteiger partial charge in [0.25, 0.3) is 0 Å². The van der Waals surface area contributed by atoms with Crippen LogP contribution in [0.2, 0.25) is 0 Å². The van der Waals surface area contributed by atoms with E-state index in [2.05, 4.69) is 0 Å². The highest BCUT2D eigenvalue weighted by Gasteiger charge is 2.10. The molecule has 0 aromatic heterocycles. The first-order chi connectivity index (χ1) is 8.08. The Balaban J connectivity index is 2.43. The number of anilines is 3. The molecule has 0 spiro atoms. The fraction of sp³-hybridized carbons (Fsp3) is 0.0769. The van der Waals surface area contributed by atoms with Crippen LogP contribution in [0, 0.1) is 11.6 Å². The van der Waals surface area contributed by atoms with Gasteiger partial charge in [-0.05, 0) is 30.3 Å². The lowest BCUT2D eigenvalue weighted by Crippen LogP contribution is -2.11. The van der Waals surface area contributed by atoms with E-state index in [-0.39, 0.29) is 5.69 Å². The second kappa shape index (κ2) is 4.41. The van der Waals surface area contributed by atoms with Crippen LogP contribution < -0.4 is 10.6 Å². The number of rotatable bonds is 2. The summed E-state index contributed by atoms with van der Waals surface area (Å²) in [6.07, 6.45) is 0. The zero-order chi connectivity index (χ0) is 12.4. The molecule has 0 unspecified atom stereocenters. The van der Waals surface area contributed by atoms with E-state index in [0.29, 0.717) is 11.4 Å². The first-order valence-electron chi connectivity index (χ1n) is 5.12. The van der Waals surface area contributed by atoms with E-state index >= 15 is 0 Å². The topological polar surface area (TPSA) is 29.3 Å². The Morgan fingerprint density at radius 2 is 1.82 bits per heavy atom. The summed E-state index contributed by atoms with van der Waals surface area (Å²) in [6, 6.07) is 10.3. The van der Waals surface area contributed by atoms with E-state index in [0.717, 1.165) is 18.2 Å². The number of benzene rings is 2. The molecule has 0 atom stereocenters. The third-order valence-corrected chi connectivity index (χ3v) is 2.53. The molecule has 2 rings (SSSR count). The van der Waals surface area contributed by atoms with E-state index in [4.69, 9.17) is 5.73 Å². The Morgan fingerprint density at radius 3 is 2.53 bits per heavy atom. The minimum Gasteiger partial charge on any atom is -0.399 e. The number of nitrogens with zero attached hydrogens (tertiary/aromatic N) is 1. The third kappa shape index (κ3) is 2.36. The maximum Gasteiger partial charge on any atom is 0.147 e. The van der Waals surface area contributed by atoms with Gasteiger partial charge >= 0.3 is 0 Å². The molecule has 2 nitrogen and oxygen atoms in total. The lowest BCUT2D eigenvalue weighted by atomic mass is 10.2. The second-order valence-electron chi connectivity index (χ2n) is 3.75. The minimum absolute atomic E-state index is 0.176. The van der Waals surface area contributed by atoms with Gasteiger partial charge in [-0.3, -0.25) is 0 Å². The van der Waals surface area contributed by atoms with Crippen LogP contribution in [-0.2, 0) is 0 Å². The smallest absolute Gasteiger partial charge is 0.147 e. The molecule has 88 valence electrons. The van der Waals surface area contributed by atoms with Crippen LogP contribution in [0.15, 0.2) is 42.5 Å². The van der Waals surface area contributed by atoms with E-state index in [1.807, 2.05) is 0 Å². The minimum atomic E-state index is -0.476. The van der Waals surface area contributed by atoms with E-state index in [1.54, 1.807) is 36.2 Å². The fourth-order valence-corrected chi connectivity index (χ4v) is 1.62. The van der Waals surface area contributed by atoms with E-state index in [9.17, 15) is 8.78 Å². The molecule has 0 saturated carbocycles. The maximum absolute atomic E-state index is 13.6. The number of halogens is 2. The summed E-state index contributed by atoms with van der Waals surface area (Å²) in [5.74, 6) is -0.950. The molecule has 0 aliphatic carbocycles. The zero-order valence-corrected chi connectivity index (χ0v) is 9.32. The summed E-state index contributed by atoms with van der Waals surface area (Å²) in [7, 11) is 1.66. The van der Waals surface area contributed by atoms with Crippen LogP contribution in [-0.4, -0.2) is 7.05 Å². The van der Waals surface area contributed by atoms with Gasteiger partial charge in [0, 0.05) is 24.5 Å². The van der Waals surface area contributed by atoms with E-state index < -0.39 is 11.6 Å². The van der Waals surface area contributed by atoms with Crippen molar-refractivity contribution < 1.29 is 8.78 Å². The van der Waals surface area contributed by atoms with Crippen molar-refractivity contribution in [2.45, 2.75) is 0 Å². The molecule has 0 aliphatic rings. The zero-order valence-electron chi connectivity index (χ0n) is 9.32. The van der Waals surface area contributed by atoms with Gasteiger partial charge in [-0.2, -0.15) is 0 Å². The highest BCUT2D eigenvalue weighted by molar-refractivity contribution is 5.66. The quantitative estimate of drug-likeness (QED) is 0.808. The number of hydrogen-bond donors (Lipinski definition) is 1. The molecule has 0 bridgehead atoms. The maximum atomic E-state index is 13.6. The predicted molar refractivity (Wildman–Crippen MR) is 65.3 cm³/mol. The summed E-state index contributed by atoms with van der Waals surface area (Å²) >= 11 is 0. The molecular formula is C13H12F2N2. The monoisotopic (exact) mass is 234 g/mol. The van der Waals surface area contributed by atoms with Crippen LogP contribution in [0.25, 0.3) is 0 Å². The van der Waals surface area contributed by atoms with Crippen LogP contribution in [0.3, 0.4) is 0 Å².